The van der Waals surface area contributed by atoms with Gasteiger partial charge in [-0.15, -0.1) is 0 Å². The number of hydrogen-bond acceptors (Lipinski definition) is 2. The van der Waals surface area contributed by atoms with Gasteiger partial charge in [0.15, 0.2) is 0 Å². The van der Waals surface area contributed by atoms with Gasteiger partial charge in [0.05, 0.1) is 0 Å². The first-order valence-electron chi connectivity index (χ1n) is 5.95. The summed E-state index contributed by atoms with van der Waals surface area (Å²) in [5, 5.41) is 3.35. The SMILES string of the molecule is CC(C)c1cc2c(nc1C(C)C)SC=CC2. The van der Waals surface area contributed by atoms with Gasteiger partial charge >= 0.3 is 0 Å². The van der Waals surface area contributed by atoms with Gasteiger partial charge in [0, 0.05) is 5.69 Å². The summed E-state index contributed by atoms with van der Waals surface area (Å²) in [7, 11) is 0. The average Bonchev–Trinajstić information content (AvgIpc) is 2.27. The number of hydrogen-bond donors (Lipinski definition) is 0. The molecule has 0 fully saturated rings. The lowest BCUT2D eigenvalue weighted by molar-refractivity contribution is 0.735. The zero-order valence-corrected chi connectivity index (χ0v) is 11.3. The molecule has 1 aliphatic heterocycles. The Morgan fingerprint density at radius 1 is 1.19 bits per heavy atom. The number of fused-ring (bicyclic) bond motifs is 1. The van der Waals surface area contributed by atoms with E-state index in [1.54, 1.807) is 11.8 Å². The van der Waals surface area contributed by atoms with Crippen molar-refractivity contribution >= 4 is 11.8 Å². The third-order valence-electron chi connectivity index (χ3n) is 2.90. The summed E-state index contributed by atoms with van der Waals surface area (Å²) < 4.78 is 0. The molecule has 0 radical (unpaired) electrons. The number of allylic oxidation sites excluding steroid dienone is 1. The maximum Gasteiger partial charge on any atom is 0.104 e. The van der Waals surface area contributed by atoms with E-state index < -0.39 is 0 Å². The Kier molecular flexibility index (Phi) is 3.38. The van der Waals surface area contributed by atoms with Crippen LogP contribution >= 0.6 is 11.8 Å². The van der Waals surface area contributed by atoms with Crippen LogP contribution in [0.25, 0.3) is 0 Å². The second-order valence-corrected chi connectivity index (χ2v) is 5.82. The van der Waals surface area contributed by atoms with E-state index in [1.807, 2.05) is 0 Å². The van der Waals surface area contributed by atoms with Gasteiger partial charge in [0.1, 0.15) is 5.03 Å². The molecule has 0 aromatic carbocycles. The molecule has 2 rings (SSSR count). The third kappa shape index (κ3) is 2.17. The van der Waals surface area contributed by atoms with Crippen LogP contribution in [0.5, 0.6) is 0 Å². The summed E-state index contributed by atoms with van der Waals surface area (Å²) in [5.41, 5.74) is 4.09. The minimum atomic E-state index is 0.509. The number of aromatic nitrogens is 1. The lowest BCUT2D eigenvalue weighted by atomic mass is 9.93. The van der Waals surface area contributed by atoms with Crippen LogP contribution in [0.2, 0.25) is 0 Å². The molecule has 0 unspecified atom stereocenters. The smallest absolute Gasteiger partial charge is 0.104 e. The first-order chi connectivity index (χ1) is 7.59. The molecule has 16 heavy (non-hydrogen) atoms. The van der Waals surface area contributed by atoms with E-state index in [2.05, 4.69) is 45.2 Å². The Morgan fingerprint density at radius 2 is 1.94 bits per heavy atom. The van der Waals surface area contributed by atoms with E-state index in [4.69, 9.17) is 4.98 Å². The van der Waals surface area contributed by atoms with E-state index in [9.17, 15) is 0 Å². The van der Waals surface area contributed by atoms with Crippen LogP contribution in [0.3, 0.4) is 0 Å². The van der Waals surface area contributed by atoms with Crippen LogP contribution in [-0.4, -0.2) is 4.98 Å². The Labute approximate surface area is 102 Å². The number of thioether (sulfide) groups is 1. The van der Waals surface area contributed by atoms with Crippen molar-refractivity contribution in [1.29, 1.82) is 0 Å². The molecule has 0 saturated heterocycles. The van der Waals surface area contributed by atoms with Gasteiger partial charge in [-0.25, -0.2) is 4.98 Å². The van der Waals surface area contributed by atoms with Crippen molar-refractivity contribution in [1.82, 2.24) is 4.98 Å². The lowest BCUT2D eigenvalue weighted by Gasteiger charge is -2.19. The van der Waals surface area contributed by atoms with E-state index in [1.165, 1.54) is 21.8 Å². The molecule has 2 heteroatoms. The van der Waals surface area contributed by atoms with E-state index in [0.29, 0.717) is 11.8 Å². The second kappa shape index (κ2) is 4.62. The first-order valence-corrected chi connectivity index (χ1v) is 6.83. The van der Waals surface area contributed by atoms with E-state index >= 15 is 0 Å². The molecule has 86 valence electrons. The first kappa shape index (κ1) is 11.7. The molecule has 1 aromatic heterocycles. The van der Waals surface area contributed by atoms with Crippen LogP contribution in [-0.2, 0) is 6.42 Å². The summed E-state index contributed by atoms with van der Waals surface area (Å²) >= 11 is 1.75. The zero-order chi connectivity index (χ0) is 11.7. The Morgan fingerprint density at radius 3 is 2.56 bits per heavy atom. The van der Waals surface area contributed by atoms with Gasteiger partial charge in [-0.2, -0.15) is 0 Å². The topological polar surface area (TPSA) is 12.9 Å². The molecular weight excluding hydrogens is 214 g/mol. The highest BCUT2D eigenvalue weighted by atomic mass is 32.2. The molecule has 1 aromatic rings. The van der Waals surface area contributed by atoms with Crippen molar-refractivity contribution in [3.8, 4) is 0 Å². The van der Waals surface area contributed by atoms with Gasteiger partial charge in [0.25, 0.3) is 0 Å². The number of pyridine rings is 1. The number of rotatable bonds is 2. The molecule has 0 N–H and O–H groups in total. The van der Waals surface area contributed by atoms with E-state index in [0.717, 1.165) is 6.42 Å². The molecule has 0 saturated carbocycles. The minimum Gasteiger partial charge on any atom is -0.245 e. The Hall–Kier alpha value is -0.760. The summed E-state index contributed by atoms with van der Waals surface area (Å²) in [6.07, 6.45) is 3.25. The zero-order valence-electron chi connectivity index (χ0n) is 10.4. The van der Waals surface area contributed by atoms with Gasteiger partial charge in [-0.1, -0.05) is 51.6 Å². The average molecular weight is 233 g/mol. The maximum absolute atomic E-state index is 4.85. The monoisotopic (exact) mass is 233 g/mol. The van der Waals surface area contributed by atoms with Crippen molar-refractivity contribution in [3.05, 3.63) is 34.4 Å². The Balaban J connectivity index is 2.52. The van der Waals surface area contributed by atoms with Crippen molar-refractivity contribution < 1.29 is 0 Å². The predicted octanol–water partition coefficient (Wildman–Crippen LogP) is 4.49. The van der Waals surface area contributed by atoms with Crippen LogP contribution in [0.1, 0.15) is 56.4 Å². The van der Waals surface area contributed by atoms with Gasteiger partial charge < -0.3 is 0 Å². The molecule has 0 bridgehead atoms. The van der Waals surface area contributed by atoms with Crippen molar-refractivity contribution in [2.75, 3.05) is 0 Å². The highest BCUT2D eigenvalue weighted by Crippen LogP contribution is 2.33. The van der Waals surface area contributed by atoms with Crippen molar-refractivity contribution in [3.63, 3.8) is 0 Å². The van der Waals surface area contributed by atoms with E-state index in [-0.39, 0.29) is 0 Å². The molecule has 2 heterocycles. The summed E-state index contributed by atoms with van der Waals surface area (Å²) in [6.45, 7) is 8.95. The summed E-state index contributed by atoms with van der Waals surface area (Å²) in [6, 6.07) is 2.36. The van der Waals surface area contributed by atoms with Gasteiger partial charge in [-0.3, -0.25) is 0 Å². The molecule has 1 nitrogen and oxygen atoms in total. The lowest BCUT2D eigenvalue weighted by Crippen LogP contribution is -2.06. The van der Waals surface area contributed by atoms with Crippen molar-refractivity contribution in [2.24, 2.45) is 0 Å². The fraction of sp³-hybridized carbons (Fsp3) is 0.500. The van der Waals surface area contributed by atoms with Crippen molar-refractivity contribution in [2.45, 2.75) is 51.0 Å². The molecule has 1 aliphatic rings. The normalized spacial score (nSPS) is 14.6. The van der Waals surface area contributed by atoms with Gasteiger partial charge in [-0.05, 0) is 34.8 Å². The van der Waals surface area contributed by atoms with Gasteiger partial charge in [0.2, 0.25) is 0 Å². The minimum absolute atomic E-state index is 0.509. The maximum atomic E-state index is 4.85. The second-order valence-electron chi connectivity index (χ2n) is 4.93. The quantitative estimate of drug-likeness (QED) is 0.746. The standard InChI is InChI=1S/C14H19NS/c1-9(2)12-8-11-6-5-7-16-14(11)15-13(12)10(3)4/h5,7-10H,6H2,1-4H3. The Bertz CT molecular complexity index is 380. The molecule has 0 spiro atoms. The van der Waals surface area contributed by atoms with Crippen LogP contribution < -0.4 is 0 Å². The fourth-order valence-corrected chi connectivity index (χ4v) is 2.80. The molecule has 0 aliphatic carbocycles. The summed E-state index contributed by atoms with van der Waals surface area (Å²) in [4.78, 5) is 4.85. The molecule has 0 amide bonds. The van der Waals surface area contributed by atoms with Crippen LogP contribution in [0.15, 0.2) is 22.6 Å². The van der Waals surface area contributed by atoms with Crippen LogP contribution in [0.4, 0.5) is 0 Å². The molecular formula is C14H19NS. The highest BCUT2D eigenvalue weighted by molar-refractivity contribution is 8.02. The highest BCUT2D eigenvalue weighted by Gasteiger charge is 2.16. The molecule has 0 atom stereocenters. The summed E-state index contributed by atoms with van der Waals surface area (Å²) in [5.74, 6) is 1.07. The third-order valence-corrected chi connectivity index (χ3v) is 3.81. The largest absolute Gasteiger partial charge is 0.245 e. The predicted molar refractivity (Wildman–Crippen MR) is 71.1 cm³/mol. The van der Waals surface area contributed by atoms with Crippen LogP contribution in [0, 0.1) is 0 Å². The number of nitrogens with zero attached hydrogens (tertiary/aromatic N) is 1. The fourth-order valence-electron chi connectivity index (χ4n) is 2.03.